The number of unbranched alkanes of at least 4 members (excludes halogenated alkanes) is 11. The Morgan fingerprint density at radius 3 is 1.53 bits per heavy atom. The standard InChI is InChI=1S/C27H56N2O5/c1-8-9-10-11-12-13-14-15-16-17-18-19-20-32-23-25(34-27(31)22-29(5,6)7)24-33-26(30)21-28(2,3)4/h25H,8-24H2,1-7H3/q+2. The Bertz CT molecular complexity index is 526. The van der Waals surface area contributed by atoms with Crippen molar-refractivity contribution in [3.05, 3.63) is 0 Å². The Labute approximate surface area is 210 Å². The first-order valence-corrected chi connectivity index (χ1v) is 13.5. The third-order valence-electron chi connectivity index (χ3n) is 5.38. The molecule has 0 aromatic heterocycles. The van der Waals surface area contributed by atoms with Crippen LogP contribution in [-0.4, -0.2) is 102 Å². The van der Waals surface area contributed by atoms with Crippen LogP contribution in [0.3, 0.4) is 0 Å². The summed E-state index contributed by atoms with van der Waals surface area (Å²) in [6, 6.07) is 0. The molecule has 0 aliphatic rings. The van der Waals surface area contributed by atoms with Gasteiger partial charge in [0.05, 0.1) is 48.9 Å². The third-order valence-corrected chi connectivity index (χ3v) is 5.38. The Hall–Kier alpha value is -1.18. The summed E-state index contributed by atoms with van der Waals surface area (Å²) in [5.74, 6) is -0.616. The van der Waals surface area contributed by atoms with Gasteiger partial charge in [0, 0.05) is 6.61 Å². The minimum absolute atomic E-state index is 0.0279. The molecule has 0 aromatic rings. The Morgan fingerprint density at radius 2 is 1.06 bits per heavy atom. The Kier molecular flexibility index (Phi) is 18.4. The first-order chi connectivity index (χ1) is 15.9. The van der Waals surface area contributed by atoms with Crippen LogP contribution in [0.1, 0.15) is 84.0 Å². The van der Waals surface area contributed by atoms with E-state index in [4.69, 9.17) is 14.2 Å². The van der Waals surface area contributed by atoms with Crippen LogP contribution < -0.4 is 0 Å². The highest BCUT2D eigenvalue weighted by molar-refractivity contribution is 5.71. The molecule has 0 spiro atoms. The molecular formula is C27H56N2O5+2. The van der Waals surface area contributed by atoms with E-state index in [1.54, 1.807) is 0 Å². The molecule has 0 fully saturated rings. The number of likely N-dealkylation sites (N-methyl/N-ethyl adjacent to an activating group) is 2. The number of ether oxygens (including phenoxy) is 3. The maximum Gasteiger partial charge on any atom is 0.362 e. The predicted octanol–water partition coefficient (Wildman–Crippen LogP) is 4.57. The summed E-state index contributed by atoms with van der Waals surface area (Å²) in [5.41, 5.74) is 0. The van der Waals surface area contributed by atoms with Crippen LogP contribution in [0.5, 0.6) is 0 Å². The van der Waals surface area contributed by atoms with Crippen molar-refractivity contribution in [3.8, 4) is 0 Å². The van der Waals surface area contributed by atoms with Crippen LogP contribution in [0.25, 0.3) is 0 Å². The first kappa shape index (κ1) is 32.8. The average Bonchev–Trinajstić information content (AvgIpc) is 2.69. The highest BCUT2D eigenvalue weighted by Crippen LogP contribution is 2.12. The molecule has 34 heavy (non-hydrogen) atoms. The van der Waals surface area contributed by atoms with Crippen LogP contribution in [-0.2, 0) is 23.8 Å². The van der Waals surface area contributed by atoms with Crippen LogP contribution in [0, 0.1) is 0 Å². The van der Waals surface area contributed by atoms with Crippen molar-refractivity contribution >= 4 is 11.9 Å². The average molecular weight is 489 g/mol. The summed E-state index contributed by atoms with van der Waals surface area (Å²) in [6.07, 6.45) is 15.0. The number of nitrogens with zero attached hydrogens (tertiary/aromatic N) is 2. The molecule has 1 unspecified atom stereocenters. The van der Waals surface area contributed by atoms with Crippen molar-refractivity contribution in [3.63, 3.8) is 0 Å². The zero-order valence-corrected chi connectivity index (χ0v) is 23.5. The molecule has 0 saturated carbocycles. The largest absolute Gasteiger partial charge is 0.457 e. The lowest BCUT2D eigenvalue weighted by molar-refractivity contribution is -0.863. The minimum atomic E-state index is -0.576. The molecule has 0 saturated heterocycles. The molecule has 202 valence electrons. The minimum Gasteiger partial charge on any atom is -0.457 e. The lowest BCUT2D eigenvalue weighted by atomic mass is 10.1. The molecular weight excluding hydrogens is 432 g/mol. The molecule has 0 N–H and O–H groups in total. The van der Waals surface area contributed by atoms with Crippen molar-refractivity contribution in [2.24, 2.45) is 0 Å². The van der Waals surface area contributed by atoms with Crippen molar-refractivity contribution in [2.75, 3.05) is 75.2 Å². The molecule has 0 aliphatic carbocycles. The zero-order chi connectivity index (χ0) is 25.9. The maximum absolute atomic E-state index is 12.3. The van der Waals surface area contributed by atoms with Gasteiger partial charge < -0.3 is 23.2 Å². The van der Waals surface area contributed by atoms with Gasteiger partial charge in [0.1, 0.15) is 6.61 Å². The van der Waals surface area contributed by atoms with Crippen LogP contribution in [0.15, 0.2) is 0 Å². The SMILES string of the molecule is CCCCCCCCCCCCCCOCC(COC(=O)C[N+](C)(C)C)OC(=O)C[N+](C)(C)C. The monoisotopic (exact) mass is 488 g/mol. The Morgan fingerprint density at radius 1 is 0.618 bits per heavy atom. The molecule has 7 nitrogen and oxygen atoms in total. The molecule has 0 bridgehead atoms. The van der Waals surface area contributed by atoms with E-state index >= 15 is 0 Å². The van der Waals surface area contributed by atoms with Gasteiger partial charge in [-0.2, -0.15) is 0 Å². The molecule has 0 rings (SSSR count). The van der Waals surface area contributed by atoms with Gasteiger partial charge >= 0.3 is 11.9 Å². The number of hydrogen-bond donors (Lipinski definition) is 0. The summed E-state index contributed by atoms with van der Waals surface area (Å²) in [5, 5.41) is 0. The Balaban J connectivity index is 4.06. The summed E-state index contributed by atoms with van der Waals surface area (Å²) < 4.78 is 17.7. The summed E-state index contributed by atoms with van der Waals surface area (Å²) in [4.78, 5) is 24.3. The lowest BCUT2D eigenvalue weighted by Crippen LogP contribution is -2.43. The fourth-order valence-electron chi connectivity index (χ4n) is 3.61. The van der Waals surface area contributed by atoms with E-state index in [9.17, 15) is 9.59 Å². The summed E-state index contributed by atoms with van der Waals surface area (Å²) >= 11 is 0. The molecule has 0 aliphatic heterocycles. The van der Waals surface area contributed by atoms with E-state index in [0.29, 0.717) is 15.6 Å². The summed E-state index contributed by atoms with van der Waals surface area (Å²) in [6.45, 7) is 3.69. The molecule has 0 amide bonds. The number of rotatable bonds is 22. The van der Waals surface area contributed by atoms with Gasteiger partial charge in [-0.05, 0) is 6.42 Å². The van der Waals surface area contributed by atoms with Gasteiger partial charge in [-0.25, -0.2) is 9.59 Å². The smallest absolute Gasteiger partial charge is 0.362 e. The van der Waals surface area contributed by atoms with Crippen molar-refractivity contribution in [1.29, 1.82) is 0 Å². The van der Waals surface area contributed by atoms with Crippen molar-refractivity contribution in [1.82, 2.24) is 0 Å². The highest BCUT2D eigenvalue weighted by atomic mass is 16.6. The second-order valence-corrected chi connectivity index (χ2v) is 11.7. The quantitative estimate of drug-likeness (QED) is 0.127. The fraction of sp³-hybridized carbons (Fsp3) is 0.926. The fourth-order valence-corrected chi connectivity index (χ4v) is 3.61. The van der Waals surface area contributed by atoms with E-state index in [2.05, 4.69) is 6.92 Å². The topological polar surface area (TPSA) is 61.8 Å². The van der Waals surface area contributed by atoms with E-state index < -0.39 is 6.10 Å². The van der Waals surface area contributed by atoms with Crippen molar-refractivity contribution < 1.29 is 32.8 Å². The maximum atomic E-state index is 12.3. The predicted molar refractivity (Wildman–Crippen MR) is 139 cm³/mol. The number of esters is 2. The van der Waals surface area contributed by atoms with Gasteiger partial charge in [0.15, 0.2) is 19.2 Å². The van der Waals surface area contributed by atoms with Crippen LogP contribution in [0.2, 0.25) is 0 Å². The first-order valence-electron chi connectivity index (χ1n) is 13.5. The summed E-state index contributed by atoms with van der Waals surface area (Å²) in [7, 11) is 11.6. The van der Waals surface area contributed by atoms with Gasteiger partial charge in [-0.1, -0.05) is 77.6 Å². The number of quaternary nitrogens is 2. The zero-order valence-electron chi connectivity index (χ0n) is 23.5. The molecule has 1 atom stereocenters. The molecule has 7 heteroatoms. The van der Waals surface area contributed by atoms with Gasteiger partial charge in [0.2, 0.25) is 0 Å². The van der Waals surface area contributed by atoms with E-state index in [1.807, 2.05) is 42.3 Å². The van der Waals surface area contributed by atoms with E-state index in [0.717, 1.165) is 12.8 Å². The van der Waals surface area contributed by atoms with E-state index in [1.165, 1.54) is 64.2 Å². The van der Waals surface area contributed by atoms with Crippen LogP contribution >= 0.6 is 0 Å². The molecule has 0 aromatic carbocycles. The van der Waals surface area contributed by atoms with E-state index in [-0.39, 0.29) is 38.2 Å². The van der Waals surface area contributed by atoms with Crippen LogP contribution in [0.4, 0.5) is 0 Å². The second kappa shape index (κ2) is 19.1. The normalized spacial score (nSPS) is 13.0. The lowest BCUT2D eigenvalue weighted by Gasteiger charge is -2.25. The number of hydrogen-bond acceptors (Lipinski definition) is 5. The van der Waals surface area contributed by atoms with Gasteiger partial charge in [0.25, 0.3) is 0 Å². The molecule has 0 heterocycles. The second-order valence-electron chi connectivity index (χ2n) is 11.7. The number of carbonyl (C=O) groups is 2. The molecule has 0 radical (unpaired) electrons. The van der Waals surface area contributed by atoms with Gasteiger partial charge in [-0.15, -0.1) is 0 Å². The van der Waals surface area contributed by atoms with Gasteiger partial charge in [-0.3, -0.25) is 0 Å². The number of carbonyl (C=O) groups excluding carboxylic acids is 2. The van der Waals surface area contributed by atoms with Crippen molar-refractivity contribution in [2.45, 2.75) is 90.1 Å². The highest BCUT2D eigenvalue weighted by Gasteiger charge is 2.23. The third kappa shape index (κ3) is 24.0.